The minimum absolute atomic E-state index is 0.0208. The molecule has 0 amide bonds. The number of methoxy groups -OCH3 is 2. The highest BCUT2D eigenvalue weighted by molar-refractivity contribution is 6.18. The summed E-state index contributed by atoms with van der Waals surface area (Å²) in [7, 11) is 2.75. The van der Waals surface area contributed by atoms with Crippen LogP contribution in [0.1, 0.15) is 22.8 Å². The number of carbonyl (C=O) groups is 3. The normalized spacial score (nSPS) is 13.3. The molecule has 1 aromatic carbocycles. The summed E-state index contributed by atoms with van der Waals surface area (Å²) in [6, 6.07) is 2.67. The number of aromatic hydroxyl groups is 1. The smallest absolute Gasteiger partial charge is 0.335 e. The largest absolute Gasteiger partial charge is 0.504 e. The van der Waals surface area contributed by atoms with Crippen LogP contribution in [0.3, 0.4) is 0 Å². The zero-order valence-electron chi connectivity index (χ0n) is 13.7. The number of phenolic OH excluding ortho intramolecular Hbond substituents is 1. The fraction of sp³-hybridized carbons (Fsp3) is 0.235. The average Bonchev–Trinajstić information content (AvgIpc) is 2.53. The predicted molar refractivity (Wildman–Crippen MR) is 85.2 cm³/mol. The number of aromatic carboxylic acids is 1. The molecule has 7 nitrogen and oxygen atoms in total. The van der Waals surface area contributed by atoms with Crippen LogP contribution in [-0.2, 0) is 14.3 Å². The average molecular weight is 334 g/mol. The number of carbonyl (C=O) groups excluding carboxylic acids is 2. The van der Waals surface area contributed by atoms with Crippen LogP contribution in [0, 0.1) is 6.92 Å². The number of aryl methyl sites for hydroxylation is 1. The molecule has 1 aliphatic rings. The molecule has 7 heteroatoms. The van der Waals surface area contributed by atoms with Crippen LogP contribution >= 0.6 is 0 Å². The second-order valence-corrected chi connectivity index (χ2v) is 4.92. The van der Waals surface area contributed by atoms with Crippen LogP contribution in [0.5, 0.6) is 11.5 Å². The fourth-order valence-corrected chi connectivity index (χ4v) is 1.89. The molecule has 2 N–H and O–H groups in total. The van der Waals surface area contributed by atoms with E-state index in [-0.39, 0.29) is 34.4 Å². The van der Waals surface area contributed by atoms with Crippen molar-refractivity contribution in [3.05, 3.63) is 46.7 Å². The molecule has 1 aliphatic carbocycles. The summed E-state index contributed by atoms with van der Waals surface area (Å²) in [5.41, 5.74) is 1.01. The molecule has 0 saturated carbocycles. The molecule has 0 aromatic heterocycles. The van der Waals surface area contributed by atoms with Gasteiger partial charge in [-0.05, 0) is 37.6 Å². The van der Waals surface area contributed by atoms with Crippen molar-refractivity contribution in [1.82, 2.24) is 0 Å². The van der Waals surface area contributed by atoms with Crippen molar-refractivity contribution in [3.63, 3.8) is 0 Å². The summed E-state index contributed by atoms with van der Waals surface area (Å²) < 4.78 is 9.50. The van der Waals surface area contributed by atoms with Crippen LogP contribution in [0.4, 0.5) is 0 Å². The van der Waals surface area contributed by atoms with Crippen molar-refractivity contribution in [2.45, 2.75) is 13.8 Å². The van der Waals surface area contributed by atoms with Crippen molar-refractivity contribution in [3.8, 4) is 11.5 Å². The van der Waals surface area contributed by atoms with Gasteiger partial charge in [-0.15, -0.1) is 0 Å². The van der Waals surface area contributed by atoms with Gasteiger partial charge >= 0.3 is 5.97 Å². The summed E-state index contributed by atoms with van der Waals surface area (Å²) in [5, 5.41) is 18.1. The summed E-state index contributed by atoms with van der Waals surface area (Å²) in [5.74, 6) is -1.17. The van der Waals surface area contributed by atoms with Gasteiger partial charge in [0.2, 0.25) is 5.78 Å². The minimum Gasteiger partial charge on any atom is -0.504 e. The molecule has 24 heavy (non-hydrogen) atoms. The molecule has 1 aromatic rings. The number of allylic oxidation sites excluding steroid dienone is 3. The third kappa shape index (κ3) is 4.45. The van der Waals surface area contributed by atoms with Crippen LogP contribution in [0.2, 0.25) is 0 Å². The van der Waals surface area contributed by atoms with Gasteiger partial charge in [-0.25, -0.2) is 4.79 Å². The van der Waals surface area contributed by atoms with Gasteiger partial charge in [0.05, 0.1) is 19.8 Å². The second-order valence-electron chi connectivity index (χ2n) is 4.92. The van der Waals surface area contributed by atoms with Crippen LogP contribution in [0.25, 0.3) is 0 Å². The Bertz CT molecular complexity index is 742. The van der Waals surface area contributed by atoms with Gasteiger partial charge in [0.15, 0.2) is 23.0 Å². The molecule has 0 atom stereocenters. The van der Waals surface area contributed by atoms with E-state index in [0.717, 1.165) is 0 Å². The van der Waals surface area contributed by atoms with E-state index < -0.39 is 5.97 Å². The Morgan fingerprint density at radius 3 is 2.17 bits per heavy atom. The van der Waals surface area contributed by atoms with Crippen molar-refractivity contribution >= 4 is 17.5 Å². The number of carboxylic acids is 1. The van der Waals surface area contributed by atoms with Crippen LogP contribution in [-0.4, -0.2) is 42.0 Å². The van der Waals surface area contributed by atoms with E-state index in [4.69, 9.17) is 14.6 Å². The molecule has 0 bridgehead atoms. The van der Waals surface area contributed by atoms with Crippen molar-refractivity contribution < 1.29 is 34.1 Å². The highest BCUT2D eigenvalue weighted by Crippen LogP contribution is 2.30. The van der Waals surface area contributed by atoms with E-state index in [1.54, 1.807) is 13.8 Å². The summed E-state index contributed by atoms with van der Waals surface area (Å²) in [6.07, 6.45) is 2.49. The van der Waals surface area contributed by atoms with Gasteiger partial charge in [0, 0.05) is 11.6 Å². The summed E-state index contributed by atoms with van der Waals surface area (Å²) in [4.78, 5) is 32.5. The lowest BCUT2D eigenvalue weighted by molar-refractivity contribution is -0.117. The Morgan fingerprint density at radius 1 is 1.04 bits per heavy atom. The first-order valence-corrected chi connectivity index (χ1v) is 6.84. The van der Waals surface area contributed by atoms with Crippen molar-refractivity contribution in [1.29, 1.82) is 0 Å². The monoisotopic (exact) mass is 334 g/mol. The third-order valence-corrected chi connectivity index (χ3v) is 3.17. The van der Waals surface area contributed by atoms with Crippen molar-refractivity contribution in [2.75, 3.05) is 14.2 Å². The Morgan fingerprint density at radius 2 is 1.67 bits per heavy atom. The van der Waals surface area contributed by atoms with E-state index >= 15 is 0 Å². The first-order chi connectivity index (χ1) is 11.2. The zero-order valence-corrected chi connectivity index (χ0v) is 13.7. The van der Waals surface area contributed by atoms with E-state index in [0.29, 0.717) is 11.1 Å². The third-order valence-electron chi connectivity index (χ3n) is 3.17. The number of carboxylic acid groups (broad SMARTS) is 1. The zero-order chi connectivity index (χ0) is 18.4. The predicted octanol–water partition coefficient (Wildman–Crippen LogP) is 2.02. The Hall–Kier alpha value is -3.09. The minimum atomic E-state index is -1.04. The topological polar surface area (TPSA) is 110 Å². The lowest BCUT2D eigenvalue weighted by Gasteiger charge is -2.07. The maximum absolute atomic E-state index is 11.1. The van der Waals surface area contributed by atoms with Gasteiger partial charge < -0.3 is 19.7 Å². The number of hydrogen-bond acceptors (Lipinski definition) is 6. The molecule has 0 saturated heterocycles. The molecular formula is C17H18O7. The van der Waals surface area contributed by atoms with Gasteiger partial charge in [-0.1, -0.05) is 0 Å². The first kappa shape index (κ1) is 19.0. The van der Waals surface area contributed by atoms with E-state index in [9.17, 15) is 19.5 Å². The molecule has 0 spiro atoms. The van der Waals surface area contributed by atoms with E-state index in [1.807, 2.05) is 0 Å². The summed E-state index contributed by atoms with van der Waals surface area (Å²) >= 11 is 0. The second kappa shape index (κ2) is 7.96. The van der Waals surface area contributed by atoms with Crippen LogP contribution in [0.15, 0.2) is 35.6 Å². The standard InChI is InChI=1S/C9H10O4.C8H8O3/c1-5-3-6(9(11)12)4-7(13-2)8(5)10;1-5-3-6(9)4-7(11-2)8(5)10/h3-4,10H,1-2H3,(H,11,12);3-4H,1-2H3. The molecule has 0 fully saturated rings. The quantitative estimate of drug-likeness (QED) is 0.814. The molecular weight excluding hydrogens is 316 g/mol. The Labute approximate surface area is 138 Å². The number of hydrogen-bond donors (Lipinski definition) is 2. The SMILES string of the molecule is COC1=CC(=O)C=C(C)C1=O.COc1cc(C(=O)O)cc(C)c1O. The molecule has 0 radical (unpaired) electrons. The lowest BCUT2D eigenvalue weighted by Crippen LogP contribution is -2.13. The molecule has 0 unspecified atom stereocenters. The first-order valence-electron chi connectivity index (χ1n) is 6.84. The van der Waals surface area contributed by atoms with Gasteiger partial charge in [0.1, 0.15) is 0 Å². The number of Topliss-reactive ketones (excluding diaryl/α,β-unsaturated/α-hetero) is 1. The Kier molecular flexibility index (Phi) is 6.29. The molecule has 128 valence electrons. The number of ketones is 2. The maximum atomic E-state index is 11.1. The van der Waals surface area contributed by atoms with E-state index in [1.165, 1.54) is 38.5 Å². The van der Waals surface area contributed by atoms with Gasteiger partial charge in [-0.3, -0.25) is 9.59 Å². The fourth-order valence-electron chi connectivity index (χ4n) is 1.89. The maximum Gasteiger partial charge on any atom is 0.335 e. The lowest BCUT2D eigenvalue weighted by atomic mass is 10.0. The number of rotatable bonds is 3. The van der Waals surface area contributed by atoms with E-state index in [2.05, 4.69) is 0 Å². The van der Waals surface area contributed by atoms with Crippen molar-refractivity contribution in [2.24, 2.45) is 0 Å². The highest BCUT2D eigenvalue weighted by Gasteiger charge is 2.18. The number of phenols is 1. The summed E-state index contributed by atoms with van der Waals surface area (Å²) in [6.45, 7) is 3.20. The number of benzene rings is 1. The van der Waals surface area contributed by atoms with Crippen LogP contribution < -0.4 is 4.74 Å². The molecule has 2 rings (SSSR count). The van der Waals surface area contributed by atoms with Gasteiger partial charge in [0.25, 0.3) is 0 Å². The number of ether oxygens (including phenoxy) is 2. The molecule has 0 heterocycles. The Balaban J connectivity index is 0.000000243. The molecule has 0 aliphatic heterocycles. The highest BCUT2D eigenvalue weighted by atomic mass is 16.5. The van der Waals surface area contributed by atoms with Gasteiger partial charge in [-0.2, -0.15) is 0 Å².